The normalized spacial score (nSPS) is 16.5. The molecule has 1 N–H and O–H groups in total. The van der Waals surface area contributed by atoms with Crippen LogP contribution in [0.1, 0.15) is 17.4 Å². The number of aromatic nitrogens is 2. The molecule has 1 aliphatic rings. The fourth-order valence-electron chi connectivity index (χ4n) is 3.20. The maximum atomic E-state index is 12.9. The van der Waals surface area contributed by atoms with Crippen molar-refractivity contribution in [2.45, 2.75) is 19.5 Å². The van der Waals surface area contributed by atoms with Crippen molar-refractivity contribution in [1.82, 2.24) is 19.8 Å². The fourth-order valence-corrected chi connectivity index (χ4v) is 3.20. The van der Waals surface area contributed by atoms with E-state index < -0.39 is 4.92 Å². The number of imidazole rings is 1. The van der Waals surface area contributed by atoms with Crippen LogP contribution in [-0.4, -0.2) is 52.0 Å². The summed E-state index contributed by atoms with van der Waals surface area (Å²) in [7, 11) is 1.61. The molecule has 10 heteroatoms. The summed E-state index contributed by atoms with van der Waals surface area (Å²) in [6, 6.07) is 7.46. The highest BCUT2D eigenvalue weighted by atomic mass is 35.5. The van der Waals surface area contributed by atoms with Crippen LogP contribution < -0.4 is 10.1 Å². The predicted octanol–water partition coefficient (Wildman–Crippen LogP) is 1.70. The van der Waals surface area contributed by atoms with Crippen molar-refractivity contribution in [1.29, 1.82) is 0 Å². The first-order valence-electron chi connectivity index (χ1n) is 8.32. The molecule has 0 saturated carbocycles. The molecule has 1 unspecified atom stereocenters. The van der Waals surface area contributed by atoms with Gasteiger partial charge in [-0.3, -0.25) is 9.36 Å². The molecule has 1 saturated heterocycles. The van der Waals surface area contributed by atoms with Crippen LogP contribution in [0.5, 0.6) is 5.75 Å². The molecular formula is C17H22ClN5O4. The summed E-state index contributed by atoms with van der Waals surface area (Å²) < 4.78 is 6.95. The Morgan fingerprint density at radius 1 is 1.44 bits per heavy atom. The standard InChI is InChI=1S/C17H21N5O4.ClH/c1-12-19-16(22(24)25)10-20(12)11-17(23)21-8-7-18-9-14(21)13-5-3-4-6-15(13)26-2;/h3-6,10,14,18H,7-9,11H2,1-2H3;1H. The second-order valence-electron chi connectivity index (χ2n) is 6.08. The molecule has 0 bridgehead atoms. The van der Waals surface area contributed by atoms with Crippen molar-refractivity contribution < 1.29 is 14.5 Å². The first-order chi connectivity index (χ1) is 12.5. The number of ether oxygens (including phenoxy) is 1. The molecule has 1 amide bonds. The van der Waals surface area contributed by atoms with Gasteiger partial charge in [-0.1, -0.05) is 18.2 Å². The molecule has 9 nitrogen and oxygen atoms in total. The lowest BCUT2D eigenvalue weighted by Crippen LogP contribution is -2.49. The highest BCUT2D eigenvalue weighted by molar-refractivity contribution is 5.85. The van der Waals surface area contributed by atoms with E-state index in [9.17, 15) is 14.9 Å². The number of halogens is 1. The third-order valence-corrected chi connectivity index (χ3v) is 4.52. The number of benzene rings is 1. The van der Waals surface area contributed by atoms with Gasteiger partial charge in [0, 0.05) is 32.1 Å². The topological polar surface area (TPSA) is 103 Å². The first-order valence-corrected chi connectivity index (χ1v) is 8.32. The largest absolute Gasteiger partial charge is 0.496 e. The van der Waals surface area contributed by atoms with Gasteiger partial charge in [0.25, 0.3) is 0 Å². The van der Waals surface area contributed by atoms with Crippen LogP contribution in [0.25, 0.3) is 0 Å². The Bertz CT molecular complexity index is 825. The molecule has 0 spiro atoms. The lowest BCUT2D eigenvalue weighted by molar-refractivity contribution is -0.389. The number of aryl methyl sites for hydroxylation is 1. The number of hydrogen-bond acceptors (Lipinski definition) is 6. The van der Waals surface area contributed by atoms with E-state index >= 15 is 0 Å². The second-order valence-corrected chi connectivity index (χ2v) is 6.08. The molecule has 1 atom stereocenters. The number of carbonyl (C=O) groups is 1. The molecule has 146 valence electrons. The zero-order chi connectivity index (χ0) is 18.7. The van der Waals surface area contributed by atoms with E-state index in [-0.39, 0.29) is 36.7 Å². The number of rotatable bonds is 5. The van der Waals surface area contributed by atoms with Crippen LogP contribution >= 0.6 is 12.4 Å². The highest BCUT2D eigenvalue weighted by Gasteiger charge is 2.30. The second kappa shape index (κ2) is 8.83. The van der Waals surface area contributed by atoms with Crippen LogP contribution in [0, 0.1) is 17.0 Å². The number of nitro groups is 1. The zero-order valence-electron chi connectivity index (χ0n) is 15.1. The Kier molecular flexibility index (Phi) is 6.75. The average Bonchev–Trinajstić information content (AvgIpc) is 3.02. The number of para-hydroxylation sites is 1. The summed E-state index contributed by atoms with van der Waals surface area (Å²) in [6.07, 6.45) is 1.30. The van der Waals surface area contributed by atoms with E-state index in [1.165, 1.54) is 10.8 Å². The smallest absolute Gasteiger partial charge is 0.381 e. The van der Waals surface area contributed by atoms with Crippen LogP contribution in [0.15, 0.2) is 30.5 Å². The van der Waals surface area contributed by atoms with Crippen LogP contribution in [0.2, 0.25) is 0 Å². The van der Waals surface area contributed by atoms with Gasteiger partial charge in [0.2, 0.25) is 11.7 Å². The molecule has 1 fully saturated rings. The third kappa shape index (κ3) is 4.37. The van der Waals surface area contributed by atoms with Crippen molar-refractivity contribution >= 4 is 24.1 Å². The van der Waals surface area contributed by atoms with Crippen LogP contribution in [0.3, 0.4) is 0 Å². The quantitative estimate of drug-likeness (QED) is 0.610. The summed E-state index contributed by atoms with van der Waals surface area (Å²) in [5.41, 5.74) is 0.934. The molecule has 1 aliphatic heterocycles. The number of nitrogens with one attached hydrogen (secondary N) is 1. The monoisotopic (exact) mass is 395 g/mol. The number of carbonyl (C=O) groups excluding carboxylic acids is 1. The maximum Gasteiger partial charge on any atom is 0.381 e. The molecule has 27 heavy (non-hydrogen) atoms. The molecular weight excluding hydrogens is 374 g/mol. The van der Waals surface area contributed by atoms with Crippen molar-refractivity contribution in [2.24, 2.45) is 0 Å². The van der Waals surface area contributed by atoms with Gasteiger partial charge in [-0.15, -0.1) is 12.4 Å². The third-order valence-electron chi connectivity index (χ3n) is 4.52. The van der Waals surface area contributed by atoms with Gasteiger partial charge < -0.3 is 25.1 Å². The molecule has 2 heterocycles. The van der Waals surface area contributed by atoms with Crippen molar-refractivity contribution in [2.75, 3.05) is 26.7 Å². The minimum atomic E-state index is -0.559. The molecule has 2 aromatic rings. The minimum Gasteiger partial charge on any atom is -0.496 e. The number of nitrogens with zero attached hydrogens (tertiary/aromatic N) is 4. The number of piperazine rings is 1. The fraction of sp³-hybridized carbons (Fsp3) is 0.412. The van der Waals surface area contributed by atoms with E-state index in [0.29, 0.717) is 25.5 Å². The zero-order valence-corrected chi connectivity index (χ0v) is 15.9. The summed E-state index contributed by atoms with van der Waals surface area (Å²) in [4.78, 5) is 28.9. The lowest BCUT2D eigenvalue weighted by Gasteiger charge is -2.37. The highest BCUT2D eigenvalue weighted by Crippen LogP contribution is 2.30. The minimum absolute atomic E-state index is 0. The Balaban J connectivity index is 0.00000261. The number of amides is 1. The van der Waals surface area contributed by atoms with Gasteiger partial charge in [-0.05, 0) is 16.0 Å². The van der Waals surface area contributed by atoms with Gasteiger partial charge in [0.15, 0.2) is 0 Å². The van der Waals surface area contributed by atoms with E-state index in [2.05, 4.69) is 10.3 Å². The summed E-state index contributed by atoms with van der Waals surface area (Å²) >= 11 is 0. The van der Waals surface area contributed by atoms with E-state index in [1.807, 2.05) is 24.3 Å². The summed E-state index contributed by atoms with van der Waals surface area (Å²) in [5.74, 6) is 0.803. The number of methoxy groups -OCH3 is 1. The van der Waals surface area contributed by atoms with Gasteiger partial charge in [-0.25, -0.2) is 0 Å². The van der Waals surface area contributed by atoms with E-state index in [1.54, 1.807) is 18.9 Å². The van der Waals surface area contributed by atoms with Gasteiger partial charge in [0.05, 0.1) is 13.2 Å². The molecule has 0 aliphatic carbocycles. The van der Waals surface area contributed by atoms with Crippen molar-refractivity contribution in [3.63, 3.8) is 0 Å². The molecule has 1 aromatic carbocycles. The van der Waals surface area contributed by atoms with Gasteiger partial charge in [0.1, 0.15) is 18.5 Å². The SMILES string of the molecule is COc1ccccc1C1CNCCN1C(=O)Cn1cc([N+](=O)[O-])nc1C.Cl. The summed E-state index contributed by atoms with van der Waals surface area (Å²) in [6.45, 7) is 3.53. The molecule has 0 radical (unpaired) electrons. The Morgan fingerprint density at radius 3 is 2.85 bits per heavy atom. The lowest BCUT2D eigenvalue weighted by atomic mass is 10.0. The van der Waals surface area contributed by atoms with Crippen molar-refractivity contribution in [3.05, 3.63) is 52.0 Å². The Labute approximate surface area is 162 Å². The van der Waals surface area contributed by atoms with Crippen molar-refractivity contribution in [3.8, 4) is 5.75 Å². The number of hydrogen-bond donors (Lipinski definition) is 1. The van der Waals surface area contributed by atoms with E-state index in [4.69, 9.17) is 4.74 Å². The van der Waals surface area contributed by atoms with Gasteiger partial charge in [-0.2, -0.15) is 0 Å². The van der Waals surface area contributed by atoms with Crippen LogP contribution in [0.4, 0.5) is 5.82 Å². The molecule has 1 aromatic heterocycles. The van der Waals surface area contributed by atoms with Gasteiger partial charge >= 0.3 is 5.82 Å². The summed E-state index contributed by atoms with van der Waals surface area (Å²) in [5, 5.41) is 14.2. The predicted molar refractivity (Wildman–Crippen MR) is 101 cm³/mol. The Morgan fingerprint density at radius 2 is 2.19 bits per heavy atom. The maximum absolute atomic E-state index is 12.9. The van der Waals surface area contributed by atoms with Crippen LogP contribution in [-0.2, 0) is 11.3 Å². The first kappa shape index (κ1) is 20.7. The Hall–Kier alpha value is -2.65. The molecule has 3 rings (SSSR count). The van der Waals surface area contributed by atoms with E-state index in [0.717, 1.165) is 11.3 Å². The average molecular weight is 396 g/mol.